The predicted molar refractivity (Wildman–Crippen MR) is 56.6 cm³/mol. The van der Waals surface area contributed by atoms with Crippen LogP contribution >= 0.6 is 11.6 Å². The number of aryl methyl sites for hydroxylation is 1. The molecule has 0 aliphatic carbocycles. The van der Waals surface area contributed by atoms with E-state index in [2.05, 4.69) is 6.07 Å². The number of hydrogen-bond donors (Lipinski definition) is 0. The molecule has 14 heavy (non-hydrogen) atoms. The topological polar surface area (TPSA) is 33.0 Å². The summed E-state index contributed by atoms with van der Waals surface area (Å²) >= 11 is 5.92. The average molecular weight is 210 g/mol. The van der Waals surface area contributed by atoms with Crippen LogP contribution in [-0.2, 0) is 6.42 Å². The molecule has 2 nitrogen and oxygen atoms in total. The van der Waals surface area contributed by atoms with Gasteiger partial charge in [-0.15, -0.1) is 0 Å². The van der Waals surface area contributed by atoms with Gasteiger partial charge in [0.1, 0.15) is 5.75 Å². The number of nitriles is 1. The van der Waals surface area contributed by atoms with Crippen molar-refractivity contribution in [3.05, 3.63) is 28.8 Å². The fourth-order valence-electron chi connectivity index (χ4n) is 1.17. The molecular weight excluding hydrogens is 198 g/mol. The molecule has 0 radical (unpaired) electrons. The van der Waals surface area contributed by atoms with Crippen LogP contribution < -0.4 is 4.74 Å². The lowest BCUT2D eigenvalue weighted by molar-refractivity contribution is 0.340. The van der Waals surface area contributed by atoms with Crippen molar-refractivity contribution in [3.63, 3.8) is 0 Å². The summed E-state index contributed by atoms with van der Waals surface area (Å²) in [5.74, 6) is 0.699. The first-order chi connectivity index (χ1) is 6.77. The summed E-state index contributed by atoms with van der Waals surface area (Å²) in [4.78, 5) is 0. The van der Waals surface area contributed by atoms with Crippen LogP contribution in [0.25, 0.3) is 0 Å². The number of rotatable bonds is 4. The number of benzene rings is 1. The summed E-state index contributed by atoms with van der Waals surface area (Å²) in [5, 5.41) is 9.07. The smallest absolute Gasteiger partial charge is 0.138 e. The molecule has 0 atom stereocenters. The Kier molecular flexibility index (Phi) is 4.28. The van der Waals surface area contributed by atoms with Crippen LogP contribution in [0, 0.1) is 11.3 Å². The minimum absolute atomic E-state index is 0.521. The number of nitrogens with zero attached hydrogens (tertiary/aromatic N) is 1. The maximum Gasteiger partial charge on any atom is 0.138 e. The average Bonchev–Trinajstić information content (AvgIpc) is 2.19. The second-order valence-electron chi connectivity index (χ2n) is 2.86. The van der Waals surface area contributed by atoms with Crippen molar-refractivity contribution < 1.29 is 4.74 Å². The maximum absolute atomic E-state index is 8.45. The minimum Gasteiger partial charge on any atom is -0.492 e. The van der Waals surface area contributed by atoms with Gasteiger partial charge >= 0.3 is 0 Å². The molecule has 0 fully saturated rings. The molecule has 0 bridgehead atoms. The highest BCUT2D eigenvalue weighted by atomic mass is 35.5. The van der Waals surface area contributed by atoms with Crippen molar-refractivity contribution in [1.82, 2.24) is 0 Å². The van der Waals surface area contributed by atoms with Crippen LogP contribution in [0.1, 0.15) is 18.9 Å². The molecule has 0 spiro atoms. The maximum atomic E-state index is 8.45. The van der Waals surface area contributed by atoms with Crippen LogP contribution in [0.5, 0.6) is 5.75 Å². The standard InChI is InChI=1S/C11H12ClNO/c1-2-14-11-8-9(4-3-7-13)5-6-10(11)12/h5-6,8H,2-4H2,1H3. The van der Waals surface area contributed by atoms with Crippen LogP contribution in [0.3, 0.4) is 0 Å². The van der Waals surface area contributed by atoms with Crippen LogP contribution in [-0.4, -0.2) is 6.61 Å². The van der Waals surface area contributed by atoms with E-state index in [0.717, 1.165) is 12.0 Å². The molecule has 0 aliphatic rings. The second kappa shape index (κ2) is 5.51. The van der Waals surface area contributed by atoms with Crippen molar-refractivity contribution in [3.8, 4) is 11.8 Å². The van der Waals surface area contributed by atoms with Crippen molar-refractivity contribution in [1.29, 1.82) is 5.26 Å². The first-order valence-electron chi connectivity index (χ1n) is 4.56. The fourth-order valence-corrected chi connectivity index (χ4v) is 1.34. The molecule has 0 unspecified atom stereocenters. The lowest BCUT2D eigenvalue weighted by Crippen LogP contribution is -1.93. The lowest BCUT2D eigenvalue weighted by Gasteiger charge is -2.07. The summed E-state index contributed by atoms with van der Waals surface area (Å²) < 4.78 is 5.34. The van der Waals surface area contributed by atoms with Gasteiger partial charge in [0.05, 0.1) is 17.7 Å². The number of halogens is 1. The van der Waals surface area contributed by atoms with Gasteiger partial charge in [0.2, 0.25) is 0 Å². The van der Waals surface area contributed by atoms with Gasteiger partial charge in [-0.1, -0.05) is 17.7 Å². The SMILES string of the molecule is CCOc1cc(CCC#N)ccc1Cl. The predicted octanol–water partition coefficient (Wildman–Crippen LogP) is 3.19. The molecule has 74 valence electrons. The summed E-state index contributed by atoms with van der Waals surface area (Å²) in [6.45, 7) is 2.51. The van der Waals surface area contributed by atoms with Crippen molar-refractivity contribution in [2.24, 2.45) is 0 Å². The zero-order valence-corrected chi connectivity index (χ0v) is 8.84. The molecular formula is C11H12ClNO. The molecule has 0 N–H and O–H groups in total. The summed E-state index contributed by atoms with van der Waals surface area (Å²) in [6.07, 6.45) is 1.26. The van der Waals surface area contributed by atoms with Crippen LogP contribution in [0.2, 0.25) is 5.02 Å². The zero-order chi connectivity index (χ0) is 10.4. The zero-order valence-electron chi connectivity index (χ0n) is 8.09. The second-order valence-corrected chi connectivity index (χ2v) is 3.26. The Labute approximate surface area is 89.1 Å². The summed E-state index contributed by atoms with van der Waals surface area (Å²) in [6, 6.07) is 7.72. The Balaban J connectivity index is 2.78. The monoisotopic (exact) mass is 209 g/mol. The Hall–Kier alpha value is -1.20. The van der Waals surface area contributed by atoms with Crippen LogP contribution in [0.15, 0.2) is 18.2 Å². The Morgan fingerprint density at radius 1 is 1.50 bits per heavy atom. The largest absolute Gasteiger partial charge is 0.492 e. The lowest BCUT2D eigenvalue weighted by atomic mass is 10.1. The highest BCUT2D eigenvalue weighted by molar-refractivity contribution is 6.32. The highest BCUT2D eigenvalue weighted by Crippen LogP contribution is 2.25. The van der Waals surface area contributed by atoms with Gasteiger partial charge in [0, 0.05) is 6.42 Å². The van der Waals surface area contributed by atoms with Gasteiger partial charge in [-0.25, -0.2) is 0 Å². The highest BCUT2D eigenvalue weighted by Gasteiger charge is 2.02. The number of hydrogen-bond acceptors (Lipinski definition) is 2. The molecule has 3 heteroatoms. The molecule has 0 amide bonds. The molecule has 0 saturated carbocycles. The van der Waals surface area contributed by atoms with Gasteiger partial charge in [0.15, 0.2) is 0 Å². The van der Waals surface area contributed by atoms with E-state index < -0.39 is 0 Å². The molecule has 1 aromatic carbocycles. The van der Waals surface area contributed by atoms with Crippen molar-refractivity contribution in [2.45, 2.75) is 19.8 Å². The van der Waals surface area contributed by atoms with E-state index in [1.807, 2.05) is 19.1 Å². The van der Waals surface area contributed by atoms with Crippen molar-refractivity contribution in [2.75, 3.05) is 6.61 Å². The molecule has 1 aromatic rings. The van der Waals surface area contributed by atoms with E-state index >= 15 is 0 Å². The number of ether oxygens (including phenoxy) is 1. The van der Waals surface area contributed by atoms with Gasteiger partial charge in [-0.2, -0.15) is 5.26 Å². The van der Waals surface area contributed by atoms with E-state index in [1.165, 1.54) is 0 Å². The summed E-state index contributed by atoms with van der Waals surface area (Å²) in [5.41, 5.74) is 1.08. The Bertz CT molecular complexity index is 344. The molecule has 1 rings (SSSR count). The van der Waals surface area contributed by atoms with E-state index in [1.54, 1.807) is 6.07 Å². The van der Waals surface area contributed by atoms with Gasteiger partial charge in [-0.3, -0.25) is 0 Å². The van der Waals surface area contributed by atoms with Crippen LogP contribution in [0.4, 0.5) is 0 Å². The third-order valence-electron chi connectivity index (χ3n) is 1.82. The van der Waals surface area contributed by atoms with Gasteiger partial charge < -0.3 is 4.74 Å². The third-order valence-corrected chi connectivity index (χ3v) is 2.13. The Morgan fingerprint density at radius 3 is 2.93 bits per heavy atom. The summed E-state index contributed by atoms with van der Waals surface area (Å²) in [7, 11) is 0. The fraction of sp³-hybridized carbons (Fsp3) is 0.364. The first kappa shape index (κ1) is 10.9. The van der Waals surface area contributed by atoms with Gasteiger partial charge in [-0.05, 0) is 31.0 Å². The molecule has 0 aromatic heterocycles. The normalized spacial score (nSPS) is 9.50. The van der Waals surface area contributed by atoms with E-state index in [0.29, 0.717) is 23.8 Å². The molecule has 0 heterocycles. The quantitative estimate of drug-likeness (QED) is 0.763. The first-order valence-corrected chi connectivity index (χ1v) is 4.94. The molecule has 0 aliphatic heterocycles. The van der Waals surface area contributed by atoms with E-state index in [-0.39, 0.29) is 0 Å². The van der Waals surface area contributed by atoms with E-state index in [9.17, 15) is 0 Å². The van der Waals surface area contributed by atoms with Crippen molar-refractivity contribution >= 4 is 11.6 Å². The minimum atomic E-state index is 0.521. The van der Waals surface area contributed by atoms with E-state index in [4.69, 9.17) is 21.6 Å². The Morgan fingerprint density at radius 2 is 2.29 bits per heavy atom. The third kappa shape index (κ3) is 2.93. The van der Waals surface area contributed by atoms with Gasteiger partial charge in [0.25, 0.3) is 0 Å². The molecule has 0 saturated heterocycles.